The molecular formula is C27H28N2O5. The Hall–Kier alpha value is -3.39. The van der Waals surface area contributed by atoms with Crippen LogP contribution in [0.3, 0.4) is 0 Å². The molecule has 4 N–H and O–H groups in total. The third kappa shape index (κ3) is 4.14. The lowest BCUT2D eigenvalue weighted by Gasteiger charge is -2.21. The number of ether oxygens (including phenoxy) is 2. The minimum Gasteiger partial charge on any atom is -0.507 e. The summed E-state index contributed by atoms with van der Waals surface area (Å²) in [5.41, 5.74) is 6.64. The highest BCUT2D eigenvalue weighted by Crippen LogP contribution is 2.33. The maximum atomic E-state index is 10.1. The molecule has 3 aromatic carbocycles. The van der Waals surface area contributed by atoms with Gasteiger partial charge in [-0.15, -0.1) is 0 Å². The van der Waals surface area contributed by atoms with Crippen LogP contribution in [-0.2, 0) is 4.74 Å². The maximum Gasteiger partial charge on any atom is 0.294 e. The van der Waals surface area contributed by atoms with E-state index in [1.165, 1.54) is 0 Å². The van der Waals surface area contributed by atoms with Crippen molar-refractivity contribution in [2.24, 2.45) is 5.92 Å². The van der Waals surface area contributed by atoms with Crippen LogP contribution in [0.1, 0.15) is 12.5 Å². The molecule has 1 aliphatic heterocycles. The highest BCUT2D eigenvalue weighted by Gasteiger charge is 2.39. The van der Waals surface area contributed by atoms with Crippen LogP contribution in [0.15, 0.2) is 60.7 Å². The minimum atomic E-state index is -0.929. The number of nitrogens with zero attached hydrogens (tertiary/aromatic N) is 1. The van der Waals surface area contributed by atoms with Crippen LogP contribution < -0.4 is 4.74 Å². The average Bonchev–Trinajstić information content (AvgIpc) is 3.41. The number of aliphatic hydroxyl groups is 2. The maximum absolute atomic E-state index is 10.1. The molecule has 4 atom stereocenters. The Labute approximate surface area is 197 Å². The molecule has 0 spiro atoms. The summed E-state index contributed by atoms with van der Waals surface area (Å²) >= 11 is 0. The van der Waals surface area contributed by atoms with Gasteiger partial charge in [-0.1, -0.05) is 49.4 Å². The van der Waals surface area contributed by atoms with Crippen LogP contribution in [0, 0.1) is 12.8 Å². The second-order valence-electron chi connectivity index (χ2n) is 8.88. The normalized spacial score (nSPS) is 21.1. The van der Waals surface area contributed by atoms with Crippen LogP contribution in [0.5, 0.6) is 11.8 Å². The quantitative estimate of drug-likeness (QED) is 0.346. The molecule has 1 fully saturated rings. The first-order chi connectivity index (χ1) is 16.4. The Balaban J connectivity index is 1.38. The van der Waals surface area contributed by atoms with Crippen LogP contribution in [0.25, 0.3) is 33.3 Å². The number of fused-ring (bicyclic) bond motifs is 1. The van der Waals surface area contributed by atoms with E-state index in [1.54, 1.807) is 6.07 Å². The number of phenols is 1. The number of aromatic amines is 1. The topological polar surface area (TPSA) is 108 Å². The van der Waals surface area contributed by atoms with Gasteiger partial charge >= 0.3 is 0 Å². The first kappa shape index (κ1) is 22.4. The van der Waals surface area contributed by atoms with Crippen molar-refractivity contribution in [2.45, 2.75) is 32.2 Å². The molecule has 1 aromatic heterocycles. The van der Waals surface area contributed by atoms with Crippen molar-refractivity contribution in [3.8, 4) is 34.0 Å². The predicted octanol–water partition coefficient (Wildman–Crippen LogP) is 4.05. The summed E-state index contributed by atoms with van der Waals surface area (Å²) in [7, 11) is 0. The molecular weight excluding hydrogens is 432 g/mol. The van der Waals surface area contributed by atoms with Gasteiger partial charge in [0.2, 0.25) is 0 Å². The summed E-state index contributed by atoms with van der Waals surface area (Å²) in [6.07, 6.45) is -1.66. The fourth-order valence-corrected chi connectivity index (χ4v) is 4.63. The lowest BCUT2D eigenvalue weighted by Crippen LogP contribution is -2.36. The number of hydrogen-bond donors (Lipinski definition) is 4. The molecule has 0 radical (unpaired) electrons. The Morgan fingerprint density at radius 2 is 1.79 bits per heavy atom. The number of aromatic hydroxyl groups is 1. The van der Waals surface area contributed by atoms with Crippen molar-refractivity contribution >= 4 is 11.0 Å². The molecule has 34 heavy (non-hydrogen) atoms. The van der Waals surface area contributed by atoms with E-state index in [1.807, 2.05) is 61.5 Å². The number of hydrogen-bond acceptors (Lipinski definition) is 6. The summed E-state index contributed by atoms with van der Waals surface area (Å²) in [4.78, 5) is 7.86. The molecule has 5 rings (SSSR count). The van der Waals surface area contributed by atoms with Gasteiger partial charge in [-0.3, -0.25) is 0 Å². The Bertz CT molecular complexity index is 1300. The Morgan fingerprint density at radius 1 is 1.09 bits per heavy atom. The lowest BCUT2D eigenvalue weighted by atomic mass is 9.97. The van der Waals surface area contributed by atoms with Gasteiger partial charge in [0.15, 0.2) is 0 Å². The van der Waals surface area contributed by atoms with Crippen LogP contribution in [0.4, 0.5) is 0 Å². The van der Waals surface area contributed by atoms with Gasteiger partial charge in [0.05, 0.1) is 30.4 Å². The lowest BCUT2D eigenvalue weighted by molar-refractivity contribution is -0.0411. The highest BCUT2D eigenvalue weighted by molar-refractivity contribution is 5.85. The molecule has 4 aromatic rings. The number of aryl methyl sites for hydroxylation is 1. The summed E-state index contributed by atoms with van der Waals surface area (Å²) in [6, 6.07) is 19.9. The van der Waals surface area contributed by atoms with Crippen molar-refractivity contribution in [2.75, 3.05) is 13.2 Å². The van der Waals surface area contributed by atoms with Gasteiger partial charge in [0.25, 0.3) is 6.01 Å². The SMILES string of the molecule is Cc1cc2[nH]c(O[C@@H]3COC(C(O)CO)C3C)nc2cc1-c1ccc(-c2ccccc2O)cc1. The van der Waals surface area contributed by atoms with E-state index in [2.05, 4.69) is 16.9 Å². The number of aromatic nitrogens is 2. The summed E-state index contributed by atoms with van der Waals surface area (Å²) < 4.78 is 11.7. The van der Waals surface area contributed by atoms with Crippen molar-refractivity contribution in [1.82, 2.24) is 9.97 Å². The van der Waals surface area contributed by atoms with E-state index < -0.39 is 12.2 Å². The highest BCUT2D eigenvalue weighted by atomic mass is 16.6. The second-order valence-corrected chi connectivity index (χ2v) is 8.88. The standard InChI is InChI=1S/C27H28N2O5/c1-15-11-21-22(29-27(28-21)34-25-14-33-26(16(25)2)24(32)13-30)12-20(15)18-9-7-17(8-10-18)19-5-3-4-6-23(19)31/h3-12,16,24-26,30-32H,13-14H2,1-2H3,(H,28,29)/t16?,24?,25-,26?/m1/s1. The summed E-state index contributed by atoms with van der Waals surface area (Å²) in [5, 5.41) is 29.3. The largest absolute Gasteiger partial charge is 0.507 e. The van der Waals surface area contributed by atoms with Gasteiger partial charge in [-0.25, -0.2) is 0 Å². The van der Waals surface area contributed by atoms with Gasteiger partial charge < -0.3 is 29.8 Å². The molecule has 2 heterocycles. The number of aliphatic hydroxyl groups excluding tert-OH is 2. The molecule has 0 bridgehead atoms. The first-order valence-corrected chi connectivity index (χ1v) is 11.4. The molecule has 0 aliphatic carbocycles. The fraction of sp³-hybridized carbons (Fsp3) is 0.296. The van der Waals surface area contributed by atoms with E-state index in [0.29, 0.717) is 12.6 Å². The van der Waals surface area contributed by atoms with Crippen molar-refractivity contribution < 1.29 is 24.8 Å². The van der Waals surface area contributed by atoms with Crippen molar-refractivity contribution in [3.05, 3.63) is 66.2 Å². The predicted molar refractivity (Wildman–Crippen MR) is 130 cm³/mol. The number of para-hydroxylation sites is 1. The summed E-state index contributed by atoms with van der Waals surface area (Å²) in [6.45, 7) is 3.97. The van der Waals surface area contributed by atoms with Crippen LogP contribution >= 0.6 is 0 Å². The smallest absolute Gasteiger partial charge is 0.294 e. The Kier molecular flexibility index (Phi) is 6.00. The van der Waals surface area contributed by atoms with E-state index in [-0.39, 0.29) is 24.4 Å². The zero-order valence-electron chi connectivity index (χ0n) is 19.1. The van der Waals surface area contributed by atoms with Gasteiger partial charge in [-0.2, -0.15) is 4.98 Å². The fourth-order valence-electron chi connectivity index (χ4n) is 4.63. The van der Waals surface area contributed by atoms with Gasteiger partial charge in [0, 0.05) is 11.5 Å². The zero-order valence-corrected chi connectivity index (χ0v) is 19.1. The van der Waals surface area contributed by atoms with Crippen LogP contribution in [0.2, 0.25) is 0 Å². The number of imidazole rings is 1. The minimum absolute atomic E-state index is 0.0878. The van der Waals surface area contributed by atoms with Gasteiger partial charge in [-0.05, 0) is 47.4 Å². The third-order valence-electron chi connectivity index (χ3n) is 6.60. The van der Waals surface area contributed by atoms with Crippen LogP contribution in [-0.4, -0.2) is 56.8 Å². The molecule has 7 nitrogen and oxygen atoms in total. The number of phenolic OH excluding ortho intramolecular Hbond substituents is 1. The molecule has 176 valence electrons. The van der Waals surface area contributed by atoms with E-state index >= 15 is 0 Å². The number of benzene rings is 3. The third-order valence-corrected chi connectivity index (χ3v) is 6.60. The molecule has 1 aliphatic rings. The molecule has 7 heteroatoms. The molecule has 0 amide bonds. The molecule has 0 saturated carbocycles. The van der Waals surface area contributed by atoms with E-state index in [9.17, 15) is 15.3 Å². The number of H-pyrrole nitrogens is 1. The average molecular weight is 461 g/mol. The van der Waals surface area contributed by atoms with Gasteiger partial charge in [0.1, 0.15) is 18.0 Å². The first-order valence-electron chi connectivity index (χ1n) is 11.4. The molecule has 1 saturated heterocycles. The van der Waals surface area contributed by atoms with Crippen molar-refractivity contribution in [3.63, 3.8) is 0 Å². The Morgan fingerprint density at radius 3 is 2.50 bits per heavy atom. The molecule has 3 unspecified atom stereocenters. The number of nitrogens with one attached hydrogen (secondary N) is 1. The van der Waals surface area contributed by atoms with E-state index in [0.717, 1.165) is 38.9 Å². The second kappa shape index (κ2) is 9.10. The number of rotatable bonds is 6. The monoisotopic (exact) mass is 460 g/mol. The van der Waals surface area contributed by atoms with E-state index in [4.69, 9.17) is 9.47 Å². The zero-order chi connectivity index (χ0) is 23.8. The van der Waals surface area contributed by atoms with Crippen molar-refractivity contribution in [1.29, 1.82) is 0 Å². The summed E-state index contributed by atoms with van der Waals surface area (Å²) in [5.74, 6) is 0.172.